The van der Waals surface area contributed by atoms with Crippen molar-refractivity contribution >= 4 is 110 Å². The van der Waals surface area contributed by atoms with E-state index in [4.69, 9.17) is 4.43 Å². The van der Waals surface area contributed by atoms with E-state index in [-0.39, 0.29) is 0 Å². The Morgan fingerprint density at radius 1 is 1.04 bits per heavy atom. The molecule has 0 radical (unpaired) electrons. The minimum Gasteiger partial charge on any atom is -0.418 e. The number of aromatic nitrogens is 1. The molecule has 26 heavy (non-hydrogen) atoms. The normalized spacial score (nSPS) is 12.1. The van der Waals surface area contributed by atoms with Crippen LogP contribution in [0.15, 0.2) is 28.6 Å². The van der Waals surface area contributed by atoms with Gasteiger partial charge in [0, 0.05) is 12.4 Å². The first-order valence-corrected chi connectivity index (χ1v) is 22.1. The summed E-state index contributed by atoms with van der Waals surface area (Å²) in [4.78, 5) is 4.63. The van der Waals surface area contributed by atoms with Crippen LogP contribution < -0.4 is 0 Å². The molecule has 0 aliphatic carbocycles. The first-order chi connectivity index (χ1) is 12.6. The van der Waals surface area contributed by atoms with Gasteiger partial charge in [0.05, 0.1) is 10.2 Å². The summed E-state index contributed by atoms with van der Waals surface area (Å²) in [6.07, 6.45) is 1.26. The monoisotopic (exact) mass is 535 g/mol. The highest BCUT2D eigenvalue weighted by Crippen LogP contribution is 2.58. The molecule has 0 saturated heterocycles. The molecule has 146 valence electrons. The van der Waals surface area contributed by atoms with E-state index < -0.39 is 8.32 Å². The van der Waals surface area contributed by atoms with Crippen molar-refractivity contribution in [1.29, 1.82) is 0 Å². The minimum absolute atomic E-state index is 0.859. The Balaban J connectivity index is 1.41. The number of para-hydroxylation sites is 1. The van der Waals surface area contributed by atoms with Gasteiger partial charge in [0.15, 0.2) is 12.7 Å². The van der Waals surface area contributed by atoms with E-state index >= 15 is 0 Å². The van der Waals surface area contributed by atoms with Crippen LogP contribution in [-0.2, 0) is 4.43 Å². The molecular formula is C14H21NOS9Si. The first kappa shape index (κ1) is 24.4. The van der Waals surface area contributed by atoms with E-state index in [2.05, 4.69) is 43.2 Å². The first-order valence-electron chi connectivity index (χ1n) is 7.90. The van der Waals surface area contributed by atoms with E-state index in [1.165, 1.54) is 22.9 Å². The summed E-state index contributed by atoms with van der Waals surface area (Å²) in [5.41, 5.74) is 1.10. The second-order valence-corrected chi connectivity index (χ2v) is 24.2. The molecule has 0 spiro atoms. The Labute approximate surface area is 191 Å². The van der Waals surface area contributed by atoms with Gasteiger partial charge in [0.2, 0.25) is 0 Å². The van der Waals surface area contributed by atoms with E-state index in [1.807, 2.05) is 56.2 Å². The smallest absolute Gasteiger partial charge is 0.186 e. The molecule has 2 rings (SSSR count). The Bertz CT molecular complexity index is 609. The van der Waals surface area contributed by atoms with Crippen LogP contribution in [0.2, 0.25) is 19.1 Å². The largest absolute Gasteiger partial charge is 0.418 e. The summed E-state index contributed by atoms with van der Waals surface area (Å²) in [5.74, 6) is 1.21. The fraction of sp³-hybridized carbons (Fsp3) is 0.500. The van der Waals surface area contributed by atoms with E-state index in [1.54, 1.807) is 41.8 Å². The number of benzene rings is 1. The summed E-state index contributed by atoms with van der Waals surface area (Å²) in [6.45, 7) is 7.59. The van der Waals surface area contributed by atoms with Gasteiger partial charge in [0.1, 0.15) is 0 Å². The van der Waals surface area contributed by atoms with Crippen molar-refractivity contribution in [2.45, 2.75) is 36.8 Å². The molecule has 12 heteroatoms. The van der Waals surface area contributed by atoms with Crippen molar-refractivity contribution < 1.29 is 4.43 Å². The molecule has 0 aliphatic rings. The van der Waals surface area contributed by atoms with Crippen LogP contribution in [-0.4, -0.2) is 25.7 Å². The zero-order chi connectivity index (χ0) is 18.7. The third-order valence-corrected chi connectivity index (χ3v) is 22.3. The maximum Gasteiger partial charge on any atom is 0.186 e. The van der Waals surface area contributed by atoms with Crippen LogP contribution in [0.25, 0.3) is 10.2 Å². The lowest BCUT2D eigenvalue weighted by atomic mass is 10.3. The Morgan fingerprint density at radius 3 is 2.54 bits per heavy atom. The van der Waals surface area contributed by atoms with Gasteiger partial charge in [0.25, 0.3) is 0 Å². The average Bonchev–Trinajstić information content (AvgIpc) is 3.02. The number of thiazole rings is 1. The molecule has 1 heterocycles. The number of nitrogens with zero attached hydrogens (tertiary/aromatic N) is 1. The van der Waals surface area contributed by atoms with Gasteiger partial charge in [-0.2, -0.15) is 0 Å². The van der Waals surface area contributed by atoms with Crippen molar-refractivity contribution in [2.75, 3.05) is 12.4 Å². The highest BCUT2D eigenvalue weighted by atomic mass is 34.0. The average molecular weight is 536 g/mol. The summed E-state index contributed by atoms with van der Waals surface area (Å²) < 4.78 is 8.25. The zero-order valence-corrected chi connectivity index (χ0v) is 23.0. The van der Waals surface area contributed by atoms with Crippen molar-refractivity contribution in [3.05, 3.63) is 24.3 Å². The van der Waals surface area contributed by atoms with Crippen LogP contribution in [0.1, 0.15) is 13.3 Å². The molecule has 0 N–H and O–H groups in total. The van der Waals surface area contributed by atoms with Gasteiger partial charge < -0.3 is 4.43 Å². The van der Waals surface area contributed by atoms with E-state index in [0.29, 0.717) is 0 Å². The molecule has 2 nitrogen and oxygen atoms in total. The van der Waals surface area contributed by atoms with Gasteiger partial charge in [-0.05, 0) is 114 Å². The van der Waals surface area contributed by atoms with E-state index in [9.17, 15) is 0 Å². The highest BCUT2D eigenvalue weighted by Gasteiger charge is 2.20. The van der Waals surface area contributed by atoms with Gasteiger partial charge in [-0.1, -0.05) is 22.9 Å². The zero-order valence-electron chi connectivity index (χ0n) is 14.7. The van der Waals surface area contributed by atoms with Crippen molar-refractivity contribution in [3.8, 4) is 0 Å². The molecular weight excluding hydrogens is 515 g/mol. The molecule has 0 unspecified atom stereocenters. The van der Waals surface area contributed by atoms with Crippen molar-refractivity contribution in [2.24, 2.45) is 0 Å². The minimum atomic E-state index is -1.38. The summed E-state index contributed by atoms with van der Waals surface area (Å²) in [6, 6.07) is 9.57. The Kier molecular flexibility index (Phi) is 13.3. The SMILES string of the molecule is CCO[Si](C)(C)CCCSSSSSSSSc1nc2ccccc2s1. The Morgan fingerprint density at radius 2 is 1.77 bits per heavy atom. The van der Waals surface area contributed by atoms with Gasteiger partial charge >= 0.3 is 0 Å². The van der Waals surface area contributed by atoms with Gasteiger partial charge in [-0.25, -0.2) is 4.98 Å². The molecule has 0 amide bonds. The summed E-state index contributed by atoms with van der Waals surface area (Å²) in [5, 5.41) is 0. The fourth-order valence-corrected chi connectivity index (χ4v) is 22.6. The standard InChI is InChI=1S/C14H21NOS9Si/c1-4-16-26(2,3)11-7-10-17-20-22-24-25-23-21-19-14-15-12-8-5-6-9-13(12)18-14/h5-6,8-9H,4,7,10-11H2,1-3H3. The lowest BCUT2D eigenvalue weighted by Crippen LogP contribution is -2.30. The fourth-order valence-electron chi connectivity index (χ4n) is 2.05. The molecule has 0 fully saturated rings. The highest BCUT2D eigenvalue weighted by molar-refractivity contribution is 9.48. The lowest BCUT2D eigenvalue weighted by molar-refractivity contribution is 0.328. The van der Waals surface area contributed by atoms with Crippen LogP contribution in [0.4, 0.5) is 0 Å². The maximum absolute atomic E-state index is 5.86. The third-order valence-electron chi connectivity index (χ3n) is 3.11. The van der Waals surface area contributed by atoms with E-state index in [0.717, 1.165) is 16.5 Å². The molecule has 1 aromatic carbocycles. The summed E-state index contributed by atoms with van der Waals surface area (Å²) >= 11 is 1.76. The third kappa shape index (κ3) is 10.2. The quantitative estimate of drug-likeness (QED) is 0.132. The molecule has 0 saturated carbocycles. The van der Waals surface area contributed by atoms with Gasteiger partial charge in [-0.15, -0.1) is 11.3 Å². The Hall–Kier alpha value is 2.09. The topological polar surface area (TPSA) is 22.1 Å². The lowest BCUT2D eigenvalue weighted by Gasteiger charge is -2.21. The number of rotatable bonds is 14. The summed E-state index contributed by atoms with van der Waals surface area (Å²) in [7, 11) is 13.3. The predicted molar refractivity (Wildman–Crippen MR) is 142 cm³/mol. The second-order valence-electron chi connectivity index (χ2n) is 5.56. The van der Waals surface area contributed by atoms with Crippen LogP contribution in [0.3, 0.4) is 0 Å². The van der Waals surface area contributed by atoms with Crippen LogP contribution in [0.5, 0.6) is 0 Å². The molecule has 2 aromatic rings. The van der Waals surface area contributed by atoms with Crippen molar-refractivity contribution in [3.63, 3.8) is 0 Å². The van der Waals surface area contributed by atoms with Crippen molar-refractivity contribution in [1.82, 2.24) is 4.98 Å². The predicted octanol–water partition coefficient (Wildman–Crippen LogP) is 9.56. The molecule has 1 aromatic heterocycles. The number of hydrogen-bond donors (Lipinski definition) is 0. The second kappa shape index (κ2) is 14.2. The van der Waals surface area contributed by atoms with Crippen LogP contribution >= 0.6 is 91.9 Å². The number of fused-ring (bicyclic) bond motifs is 1. The van der Waals surface area contributed by atoms with Gasteiger partial charge in [-0.3, -0.25) is 0 Å². The molecule has 0 aliphatic heterocycles. The number of hydrogen-bond acceptors (Lipinski definition) is 11. The molecule has 0 atom stereocenters. The van der Waals surface area contributed by atoms with Crippen LogP contribution in [0, 0.1) is 0 Å². The molecule has 0 bridgehead atoms. The maximum atomic E-state index is 5.86.